The Labute approximate surface area is 130 Å². The molecular weight excluding hydrogens is 311 g/mol. The van der Waals surface area contributed by atoms with Gasteiger partial charge in [0.25, 0.3) is 0 Å². The van der Waals surface area contributed by atoms with Gasteiger partial charge in [0.15, 0.2) is 0 Å². The van der Waals surface area contributed by atoms with E-state index in [-0.39, 0.29) is 0 Å². The van der Waals surface area contributed by atoms with Crippen LogP contribution in [0.4, 0.5) is 5.69 Å². The molecule has 0 saturated heterocycles. The summed E-state index contributed by atoms with van der Waals surface area (Å²) >= 11 is 13.8. The van der Waals surface area contributed by atoms with Crippen molar-refractivity contribution in [3.63, 3.8) is 0 Å². The molecule has 1 aromatic heterocycles. The molecule has 1 heterocycles. The molecule has 0 atom stereocenters. The van der Waals surface area contributed by atoms with Gasteiger partial charge in [-0.2, -0.15) is 0 Å². The highest BCUT2D eigenvalue weighted by Crippen LogP contribution is 2.36. The van der Waals surface area contributed by atoms with E-state index in [0.29, 0.717) is 15.7 Å². The number of anilines is 1. The van der Waals surface area contributed by atoms with E-state index in [1.807, 2.05) is 41.8 Å². The maximum absolute atomic E-state index is 6.22. The number of benzene rings is 2. The van der Waals surface area contributed by atoms with E-state index < -0.39 is 0 Å². The van der Waals surface area contributed by atoms with E-state index in [2.05, 4.69) is 4.98 Å². The Morgan fingerprint density at radius 3 is 2.50 bits per heavy atom. The summed E-state index contributed by atoms with van der Waals surface area (Å²) in [6, 6.07) is 13.2. The molecule has 0 amide bonds. The number of aromatic nitrogens is 1. The molecule has 5 heteroatoms. The maximum Gasteiger partial charge on any atom is 0.126 e. The smallest absolute Gasteiger partial charge is 0.126 e. The fraction of sp³-hybridized carbons (Fsp3) is 0. The van der Waals surface area contributed by atoms with Gasteiger partial charge in [-0.1, -0.05) is 47.5 Å². The summed E-state index contributed by atoms with van der Waals surface area (Å²) in [7, 11) is 0. The first-order valence-electron chi connectivity index (χ1n) is 5.91. The Bertz CT molecular complexity index is 768. The standard InChI is InChI=1S/C15H10Cl2N2S/c16-11-6-3-5-10(14(11)17)13-8-20-15(19-13)9-4-1-2-7-12(9)18/h1-8H,18H2. The average Bonchev–Trinajstić information content (AvgIpc) is 2.92. The summed E-state index contributed by atoms with van der Waals surface area (Å²) in [4.78, 5) is 4.61. The van der Waals surface area contributed by atoms with Crippen LogP contribution in [0.25, 0.3) is 21.8 Å². The lowest BCUT2D eigenvalue weighted by Crippen LogP contribution is -1.88. The van der Waals surface area contributed by atoms with Gasteiger partial charge < -0.3 is 5.73 Å². The first-order chi connectivity index (χ1) is 9.66. The lowest BCUT2D eigenvalue weighted by atomic mass is 10.1. The van der Waals surface area contributed by atoms with E-state index in [9.17, 15) is 0 Å². The number of hydrogen-bond acceptors (Lipinski definition) is 3. The van der Waals surface area contributed by atoms with Crippen molar-refractivity contribution < 1.29 is 0 Å². The zero-order chi connectivity index (χ0) is 14.1. The van der Waals surface area contributed by atoms with Gasteiger partial charge in [-0.3, -0.25) is 0 Å². The van der Waals surface area contributed by atoms with Gasteiger partial charge >= 0.3 is 0 Å². The van der Waals surface area contributed by atoms with Crippen LogP contribution in [-0.4, -0.2) is 4.98 Å². The van der Waals surface area contributed by atoms with Crippen LogP contribution in [-0.2, 0) is 0 Å². The highest BCUT2D eigenvalue weighted by Gasteiger charge is 2.12. The minimum absolute atomic E-state index is 0.520. The molecule has 3 aromatic rings. The number of nitrogens with zero attached hydrogens (tertiary/aromatic N) is 1. The molecular formula is C15H10Cl2N2S. The molecule has 0 aliphatic heterocycles. The second-order valence-corrected chi connectivity index (χ2v) is 5.87. The summed E-state index contributed by atoms with van der Waals surface area (Å²) in [5, 5.41) is 3.87. The van der Waals surface area contributed by atoms with Crippen LogP contribution in [0.3, 0.4) is 0 Å². The molecule has 0 radical (unpaired) electrons. The molecule has 0 aliphatic carbocycles. The van der Waals surface area contributed by atoms with E-state index in [1.54, 1.807) is 6.07 Å². The van der Waals surface area contributed by atoms with Crippen LogP contribution in [0.2, 0.25) is 10.0 Å². The molecule has 2 N–H and O–H groups in total. The lowest BCUT2D eigenvalue weighted by Gasteiger charge is -2.03. The highest BCUT2D eigenvalue weighted by atomic mass is 35.5. The molecule has 0 fully saturated rings. The summed E-state index contributed by atoms with van der Waals surface area (Å²) in [5.74, 6) is 0. The zero-order valence-corrected chi connectivity index (χ0v) is 12.6. The third-order valence-corrected chi connectivity index (χ3v) is 4.62. The number of nitrogen functional groups attached to an aromatic ring is 1. The number of thiazole rings is 1. The molecule has 20 heavy (non-hydrogen) atoms. The van der Waals surface area contributed by atoms with Gasteiger partial charge in [0, 0.05) is 22.2 Å². The minimum atomic E-state index is 0.520. The minimum Gasteiger partial charge on any atom is -0.398 e. The predicted molar refractivity (Wildman–Crippen MR) is 87.4 cm³/mol. The molecule has 0 spiro atoms. The molecule has 0 aliphatic rings. The third kappa shape index (κ3) is 2.40. The Hall–Kier alpha value is -1.55. The number of hydrogen-bond donors (Lipinski definition) is 1. The highest BCUT2D eigenvalue weighted by molar-refractivity contribution is 7.13. The number of nitrogens with two attached hydrogens (primary N) is 1. The largest absolute Gasteiger partial charge is 0.398 e. The second kappa shape index (κ2) is 5.44. The topological polar surface area (TPSA) is 38.9 Å². The van der Waals surface area contributed by atoms with Gasteiger partial charge in [0.2, 0.25) is 0 Å². The Kier molecular flexibility index (Phi) is 3.66. The van der Waals surface area contributed by atoms with Gasteiger partial charge in [-0.25, -0.2) is 4.98 Å². The van der Waals surface area contributed by atoms with Crippen LogP contribution >= 0.6 is 34.5 Å². The maximum atomic E-state index is 6.22. The zero-order valence-electron chi connectivity index (χ0n) is 10.3. The number of rotatable bonds is 2. The van der Waals surface area contributed by atoms with Crippen molar-refractivity contribution >= 4 is 40.2 Å². The first kappa shape index (κ1) is 13.4. The van der Waals surface area contributed by atoms with Crippen molar-refractivity contribution in [1.29, 1.82) is 0 Å². The van der Waals surface area contributed by atoms with Crippen LogP contribution in [0.1, 0.15) is 0 Å². The number of para-hydroxylation sites is 1. The molecule has 0 unspecified atom stereocenters. The molecule has 3 rings (SSSR count). The number of halogens is 2. The fourth-order valence-corrected chi connectivity index (χ4v) is 3.18. The van der Waals surface area contributed by atoms with Gasteiger partial charge in [-0.15, -0.1) is 11.3 Å². The van der Waals surface area contributed by atoms with Crippen molar-refractivity contribution in [1.82, 2.24) is 4.98 Å². The third-order valence-electron chi connectivity index (χ3n) is 2.92. The quantitative estimate of drug-likeness (QED) is 0.645. The van der Waals surface area contributed by atoms with Crippen molar-refractivity contribution in [3.05, 3.63) is 57.9 Å². The lowest BCUT2D eigenvalue weighted by molar-refractivity contribution is 1.40. The van der Waals surface area contributed by atoms with Crippen LogP contribution in [0, 0.1) is 0 Å². The van der Waals surface area contributed by atoms with Gasteiger partial charge in [0.05, 0.1) is 15.7 Å². The second-order valence-electron chi connectivity index (χ2n) is 4.23. The first-order valence-corrected chi connectivity index (χ1v) is 7.55. The molecule has 0 saturated carbocycles. The van der Waals surface area contributed by atoms with Crippen LogP contribution < -0.4 is 5.73 Å². The van der Waals surface area contributed by atoms with E-state index in [0.717, 1.165) is 21.8 Å². The SMILES string of the molecule is Nc1ccccc1-c1nc(-c2cccc(Cl)c2Cl)cs1. The van der Waals surface area contributed by atoms with Crippen LogP contribution in [0.15, 0.2) is 47.8 Å². The summed E-state index contributed by atoms with van der Waals surface area (Å²) in [6.45, 7) is 0. The Morgan fingerprint density at radius 1 is 0.950 bits per heavy atom. The van der Waals surface area contributed by atoms with E-state index in [1.165, 1.54) is 11.3 Å². The average molecular weight is 321 g/mol. The van der Waals surface area contributed by atoms with Gasteiger partial charge in [0.1, 0.15) is 5.01 Å². The Morgan fingerprint density at radius 2 is 1.70 bits per heavy atom. The van der Waals surface area contributed by atoms with E-state index in [4.69, 9.17) is 28.9 Å². The van der Waals surface area contributed by atoms with Crippen molar-refractivity contribution in [2.45, 2.75) is 0 Å². The van der Waals surface area contributed by atoms with Crippen molar-refractivity contribution in [3.8, 4) is 21.8 Å². The normalized spacial score (nSPS) is 10.7. The fourth-order valence-electron chi connectivity index (χ4n) is 1.91. The molecule has 0 bridgehead atoms. The molecule has 2 nitrogen and oxygen atoms in total. The van der Waals surface area contributed by atoms with E-state index >= 15 is 0 Å². The van der Waals surface area contributed by atoms with Crippen molar-refractivity contribution in [2.24, 2.45) is 0 Å². The van der Waals surface area contributed by atoms with Crippen molar-refractivity contribution in [2.75, 3.05) is 5.73 Å². The molecule has 100 valence electrons. The van der Waals surface area contributed by atoms with Crippen LogP contribution in [0.5, 0.6) is 0 Å². The summed E-state index contributed by atoms with van der Waals surface area (Å²) in [5.41, 5.74) is 9.26. The van der Waals surface area contributed by atoms with Gasteiger partial charge in [-0.05, 0) is 18.2 Å². The monoisotopic (exact) mass is 320 g/mol. The Balaban J connectivity index is 2.07. The summed E-state index contributed by atoms with van der Waals surface area (Å²) < 4.78 is 0. The molecule has 2 aromatic carbocycles. The predicted octanol–water partition coefficient (Wildman–Crippen LogP) is 5.37. The summed E-state index contributed by atoms with van der Waals surface area (Å²) in [6.07, 6.45) is 0.